The number of sulfone groups is 1. The van der Waals surface area contributed by atoms with Crippen LogP contribution >= 0.6 is 0 Å². The number of amides is 2. The molecule has 0 saturated carbocycles. The minimum Gasteiger partial charge on any atom is -0.342 e. The summed E-state index contributed by atoms with van der Waals surface area (Å²) >= 11 is 0. The molecule has 0 aliphatic carbocycles. The molecule has 1 N–H and O–H groups in total. The number of hydrogen-bond donors (Lipinski definition) is 1. The Balaban J connectivity index is 1.70. The number of nitrogens with zero attached hydrogens (tertiary/aromatic N) is 3. The van der Waals surface area contributed by atoms with Gasteiger partial charge in [-0.05, 0) is 61.9 Å². The van der Waals surface area contributed by atoms with Crippen LogP contribution in [0.15, 0.2) is 53.4 Å². The fraction of sp³-hybridized carbons (Fsp3) is 0.333. The molecule has 2 aromatic carbocycles. The first-order chi connectivity index (χ1) is 18.7. The molecular formula is C24H26N4O5S. The fourth-order valence-electron chi connectivity index (χ4n) is 3.80. The normalized spacial score (nSPS) is 18.9. The maximum Gasteiger partial charge on any atom is 0.244 e. The van der Waals surface area contributed by atoms with E-state index in [2.05, 4.69) is 15.5 Å². The predicted octanol–water partition coefficient (Wildman–Crippen LogP) is 3.15. The molecule has 1 aliphatic rings. The Labute approximate surface area is 206 Å². The SMILES string of the molecule is [2H]C([2H])([2H])c1cccc(C([2H])([2H])[2H])c1N(CC(=O)Nc1ccc(-c2ncon2)cc1)C(=O)C1CCS(=O)(=O)CC1. The molecule has 0 spiro atoms. The molecule has 10 heteroatoms. The van der Waals surface area contributed by atoms with Crippen molar-refractivity contribution in [3.05, 3.63) is 60.0 Å². The van der Waals surface area contributed by atoms with Crippen LogP contribution in [-0.4, -0.2) is 48.4 Å². The Morgan fingerprint density at radius 2 is 1.79 bits per heavy atom. The highest BCUT2D eigenvalue weighted by molar-refractivity contribution is 7.91. The van der Waals surface area contributed by atoms with Crippen molar-refractivity contribution in [2.24, 2.45) is 5.92 Å². The lowest BCUT2D eigenvalue weighted by molar-refractivity contribution is -0.124. The van der Waals surface area contributed by atoms with Crippen LogP contribution in [0, 0.1) is 19.6 Å². The van der Waals surface area contributed by atoms with Gasteiger partial charge in [0.2, 0.25) is 24.0 Å². The summed E-state index contributed by atoms with van der Waals surface area (Å²) in [5, 5.41) is 6.36. The molecule has 1 fully saturated rings. The van der Waals surface area contributed by atoms with E-state index in [1.165, 1.54) is 24.6 Å². The van der Waals surface area contributed by atoms with E-state index < -0.39 is 64.6 Å². The maximum atomic E-state index is 13.8. The summed E-state index contributed by atoms with van der Waals surface area (Å²) in [6.07, 6.45) is 1.11. The van der Waals surface area contributed by atoms with E-state index in [0.29, 0.717) is 17.1 Å². The second-order valence-corrected chi connectivity index (χ2v) is 10.2. The van der Waals surface area contributed by atoms with Crippen molar-refractivity contribution in [1.29, 1.82) is 0 Å². The second kappa shape index (κ2) is 9.76. The van der Waals surface area contributed by atoms with Crippen LogP contribution in [0.4, 0.5) is 11.4 Å². The molecular weight excluding hydrogens is 456 g/mol. The number of nitrogens with one attached hydrogen (secondary N) is 1. The van der Waals surface area contributed by atoms with Crippen molar-refractivity contribution < 1.29 is 30.8 Å². The van der Waals surface area contributed by atoms with Gasteiger partial charge in [0, 0.05) is 25.4 Å². The average Bonchev–Trinajstić information content (AvgIpc) is 3.41. The van der Waals surface area contributed by atoms with E-state index in [1.54, 1.807) is 24.3 Å². The largest absolute Gasteiger partial charge is 0.342 e. The topological polar surface area (TPSA) is 122 Å². The first-order valence-electron chi connectivity index (χ1n) is 13.5. The van der Waals surface area contributed by atoms with Gasteiger partial charge in [0.1, 0.15) is 16.4 Å². The molecule has 0 unspecified atom stereocenters. The maximum absolute atomic E-state index is 13.8. The zero-order chi connectivity index (χ0) is 29.3. The number of carbonyl (C=O) groups is 2. The van der Waals surface area contributed by atoms with Gasteiger partial charge in [0.05, 0.1) is 17.2 Å². The Morgan fingerprint density at radius 3 is 2.38 bits per heavy atom. The first kappa shape index (κ1) is 17.0. The van der Waals surface area contributed by atoms with Gasteiger partial charge in [-0.2, -0.15) is 4.98 Å². The zero-order valence-corrected chi connectivity index (χ0v) is 18.8. The quantitative estimate of drug-likeness (QED) is 0.565. The molecule has 2 amide bonds. The molecule has 3 aromatic rings. The van der Waals surface area contributed by atoms with E-state index in [-0.39, 0.29) is 24.3 Å². The van der Waals surface area contributed by atoms with Gasteiger partial charge < -0.3 is 14.7 Å². The molecule has 1 saturated heterocycles. The smallest absolute Gasteiger partial charge is 0.244 e. The third-order valence-corrected chi connectivity index (χ3v) is 7.28. The van der Waals surface area contributed by atoms with Crippen LogP contribution in [0.5, 0.6) is 0 Å². The average molecular weight is 489 g/mol. The molecule has 0 radical (unpaired) electrons. The Kier molecular flexibility index (Phi) is 4.88. The summed E-state index contributed by atoms with van der Waals surface area (Å²) in [7, 11) is -3.33. The van der Waals surface area contributed by atoms with Crippen LogP contribution in [0.3, 0.4) is 0 Å². The van der Waals surface area contributed by atoms with E-state index >= 15 is 0 Å². The summed E-state index contributed by atoms with van der Waals surface area (Å²) < 4.78 is 76.6. The number of anilines is 2. The summed E-state index contributed by atoms with van der Waals surface area (Å²) in [4.78, 5) is 31.8. The number of benzene rings is 2. The molecule has 0 atom stereocenters. The lowest BCUT2D eigenvalue weighted by Gasteiger charge is -2.31. The Hall–Kier alpha value is -3.53. The third kappa shape index (κ3) is 5.33. The first-order valence-corrected chi connectivity index (χ1v) is 12.3. The molecule has 2 heterocycles. The van der Waals surface area contributed by atoms with Gasteiger partial charge in [-0.25, -0.2) is 8.42 Å². The van der Waals surface area contributed by atoms with Crippen LogP contribution in [0.1, 0.15) is 32.2 Å². The molecule has 34 heavy (non-hydrogen) atoms. The van der Waals surface area contributed by atoms with Crippen LogP contribution < -0.4 is 10.2 Å². The molecule has 4 rings (SSSR count). The van der Waals surface area contributed by atoms with Gasteiger partial charge in [0.25, 0.3) is 0 Å². The summed E-state index contributed by atoms with van der Waals surface area (Å²) in [5.74, 6) is -2.45. The standard InChI is InChI=1S/C24H26N4O5S/c1-16-4-3-5-17(2)22(16)28(24(30)19-10-12-34(31,32)13-11-19)14-21(29)26-20-8-6-18(7-9-20)23-25-15-33-27-23/h3-9,15,19H,10-14H2,1-2H3,(H,26,29)/i1D3,2D3. The third-order valence-electron chi connectivity index (χ3n) is 5.57. The number of aromatic nitrogens is 2. The number of carbonyl (C=O) groups excluding carboxylic acids is 2. The lowest BCUT2D eigenvalue weighted by atomic mass is 9.99. The van der Waals surface area contributed by atoms with Crippen molar-refractivity contribution in [2.75, 3.05) is 28.3 Å². The fourth-order valence-corrected chi connectivity index (χ4v) is 5.29. The number of hydrogen-bond acceptors (Lipinski definition) is 7. The molecule has 0 bridgehead atoms. The summed E-state index contributed by atoms with van der Waals surface area (Å²) in [6.45, 7) is -6.33. The number of rotatable bonds is 6. The highest BCUT2D eigenvalue weighted by Gasteiger charge is 2.33. The Morgan fingerprint density at radius 1 is 1.12 bits per heavy atom. The molecule has 1 aliphatic heterocycles. The van der Waals surface area contributed by atoms with Gasteiger partial charge in [-0.15, -0.1) is 0 Å². The molecule has 1 aromatic heterocycles. The van der Waals surface area contributed by atoms with Crippen molar-refractivity contribution >= 4 is 33.0 Å². The van der Waals surface area contributed by atoms with E-state index in [4.69, 9.17) is 12.7 Å². The van der Waals surface area contributed by atoms with E-state index in [9.17, 15) is 18.0 Å². The second-order valence-electron chi connectivity index (χ2n) is 7.93. The minimum atomic E-state index is -3.33. The molecule has 9 nitrogen and oxygen atoms in total. The minimum absolute atomic E-state index is 0.0319. The van der Waals surface area contributed by atoms with Crippen molar-refractivity contribution in [3.63, 3.8) is 0 Å². The van der Waals surface area contributed by atoms with Gasteiger partial charge >= 0.3 is 0 Å². The van der Waals surface area contributed by atoms with Crippen LogP contribution in [0.2, 0.25) is 0 Å². The van der Waals surface area contributed by atoms with Crippen molar-refractivity contribution in [2.45, 2.75) is 26.5 Å². The predicted molar refractivity (Wildman–Crippen MR) is 128 cm³/mol. The van der Waals surface area contributed by atoms with Crippen molar-refractivity contribution in [3.8, 4) is 11.4 Å². The number of aryl methyl sites for hydroxylation is 2. The van der Waals surface area contributed by atoms with Gasteiger partial charge in [-0.3, -0.25) is 9.59 Å². The Bertz CT molecular complexity index is 1440. The zero-order valence-electron chi connectivity index (χ0n) is 24.0. The number of para-hydroxylation sites is 1. The highest BCUT2D eigenvalue weighted by atomic mass is 32.2. The highest BCUT2D eigenvalue weighted by Crippen LogP contribution is 2.29. The lowest BCUT2D eigenvalue weighted by Crippen LogP contribution is -2.44. The van der Waals surface area contributed by atoms with Crippen LogP contribution in [-0.2, 0) is 19.4 Å². The van der Waals surface area contributed by atoms with Gasteiger partial charge in [0.15, 0.2) is 0 Å². The van der Waals surface area contributed by atoms with E-state index in [0.717, 1.165) is 4.90 Å². The van der Waals surface area contributed by atoms with Crippen molar-refractivity contribution in [1.82, 2.24) is 10.1 Å². The molecule has 178 valence electrons. The summed E-state index contributed by atoms with van der Waals surface area (Å²) in [5.41, 5.74) is -0.257. The van der Waals surface area contributed by atoms with Crippen LogP contribution in [0.25, 0.3) is 11.4 Å². The monoisotopic (exact) mass is 488 g/mol. The van der Waals surface area contributed by atoms with Gasteiger partial charge in [-0.1, -0.05) is 23.4 Å². The summed E-state index contributed by atoms with van der Waals surface area (Å²) in [6, 6.07) is 10.0. The van der Waals surface area contributed by atoms with E-state index in [1.807, 2.05) is 0 Å².